The Balaban J connectivity index is 1.95. The first-order valence-electron chi connectivity index (χ1n) is 6.72. The van der Waals surface area contributed by atoms with Crippen molar-refractivity contribution in [1.29, 1.82) is 0 Å². The highest BCUT2D eigenvalue weighted by molar-refractivity contribution is 9.10. The summed E-state index contributed by atoms with van der Waals surface area (Å²) in [6.07, 6.45) is 1.01. The Bertz CT molecular complexity index is 557. The van der Waals surface area contributed by atoms with Crippen molar-refractivity contribution < 1.29 is 4.74 Å². The van der Waals surface area contributed by atoms with Crippen LogP contribution in [-0.2, 0) is 13.1 Å². The molecule has 20 heavy (non-hydrogen) atoms. The maximum Gasteiger partial charge on any atom is 0.123 e. The van der Waals surface area contributed by atoms with Crippen LogP contribution in [0.15, 0.2) is 28.1 Å². The van der Waals surface area contributed by atoms with Crippen LogP contribution < -0.4 is 10.1 Å². The fourth-order valence-corrected chi connectivity index (χ4v) is 2.87. The maximum atomic E-state index is 5.77. The first-order valence-corrected chi connectivity index (χ1v) is 8.39. The number of aryl methyl sites for hydroxylation is 1. The van der Waals surface area contributed by atoms with E-state index < -0.39 is 0 Å². The lowest BCUT2D eigenvalue weighted by molar-refractivity contribution is 0.313. The summed E-state index contributed by atoms with van der Waals surface area (Å²) in [5.74, 6) is 0.956. The molecule has 2 rings (SSSR count). The first kappa shape index (κ1) is 15.5. The van der Waals surface area contributed by atoms with E-state index in [1.165, 1.54) is 5.56 Å². The number of hydrogen-bond acceptors (Lipinski definition) is 4. The molecular formula is C15H19BrN2OS. The molecule has 0 fully saturated rings. The van der Waals surface area contributed by atoms with E-state index in [2.05, 4.69) is 44.6 Å². The summed E-state index contributed by atoms with van der Waals surface area (Å²) < 4.78 is 6.85. The molecule has 108 valence electrons. The smallest absolute Gasteiger partial charge is 0.123 e. The summed E-state index contributed by atoms with van der Waals surface area (Å²) in [5, 5.41) is 6.62. The third-order valence-electron chi connectivity index (χ3n) is 2.77. The molecule has 0 aliphatic rings. The lowest BCUT2D eigenvalue weighted by Crippen LogP contribution is -2.14. The summed E-state index contributed by atoms with van der Waals surface area (Å²) in [6, 6.07) is 6.13. The Morgan fingerprint density at radius 2 is 2.20 bits per heavy atom. The van der Waals surface area contributed by atoms with Crippen molar-refractivity contribution >= 4 is 27.3 Å². The number of thiazole rings is 1. The lowest BCUT2D eigenvalue weighted by Gasteiger charge is -2.12. The van der Waals surface area contributed by atoms with Gasteiger partial charge in [0.1, 0.15) is 5.75 Å². The number of ether oxygens (including phenoxy) is 1. The van der Waals surface area contributed by atoms with Gasteiger partial charge in [-0.1, -0.05) is 22.9 Å². The summed E-state index contributed by atoms with van der Waals surface area (Å²) >= 11 is 5.19. The van der Waals surface area contributed by atoms with E-state index in [1.54, 1.807) is 11.3 Å². The fraction of sp³-hybridized carbons (Fsp3) is 0.400. The van der Waals surface area contributed by atoms with Crippen molar-refractivity contribution in [3.05, 3.63) is 44.3 Å². The van der Waals surface area contributed by atoms with Gasteiger partial charge in [0.15, 0.2) is 0 Å². The summed E-state index contributed by atoms with van der Waals surface area (Å²) in [4.78, 5) is 4.45. The molecule has 5 heteroatoms. The van der Waals surface area contributed by atoms with Gasteiger partial charge in [-0.25, -0.2) is 4.98 Å². The van der Waals surface area contributed by atoms with Crippen molar-refractivity contribution in [3.8, 4) is 5.75 Å². The van der Waals surface area contributed by atoms with E-state index in [-0.39, 0.29) is 0 Å². The average Bonchev–Trinajstić information content (AvgIpc) is 2.84. The molecule has 0 aliphatic carbocycles. The Kier molecular flexibility index (Phi) is 6.01. The zero-order valence-electron chi connectivity index (χ0n) is 11.8. The van der Waals surface area contributed by atoms with Crippen LogP contribution in [-0.4, -0.2) is 11.6 Å². The van der Waals surface area contributed by atoms with Crippen LogP contribution in [0, 0.1) is 6.92 Å². The molecule has 0 bridgehead atoms. The van der Waals surface area contributed by atoms with Gasteiger partial charge >= 0.3 is 0 Å². The monoisotopic (exact) mass is 354 g/mol. The summed E-state index contributed by atoms with van der Waals surface area (Å²) in [7, 11) is 0. The van der Waals surface area contributed by atoms with Gasteiger partial charge in [-0.15, -0.1) is 11.3 Å². The minimum atomic E-state index is 0.750. The molecule has 3 nitrogen and oxygen atoms in total. The van der Waals surface area contributed by atoms with Crippen molar-refractivity contribution in [1.82, 2.24) is 10.3 Å². The van der Waals surface area contributed by atoms with Crippen molar-refractivity contribution in [2.24, 2.45) is 0 Å². The number of benzene rings is 1. The zero-order chi connectivity index (χ0) is 14.4. The predicted octanol–water partition coefficient (Wildman–Crippen LogP) is 4.29. The van der Waals surface area contributed by atoms with Crippen molar-refractivity contribution in [2.45, 2.75) is 33.4 Å². The standard InChI is InChI=1S/C15H19BrN2OS/c1-3-6-19-15-5-4-13(16)7-12(15)8-17-9-14-10-20-11(2)18-14/h4-5,7,10,17H,3,6,8-9H2,1-2H3. The van der Waals surface area contributed by atoms with E-state index >= 15 is 0 Å². The molecule has 0 unspecified atom stereocenters. The van der Waals surface area contributed by atoms with Crippen LogP contribution >= 0.6 is 27.3 Å². The topological polar surface area (TPSA) is 34.1 Å². The number of nitrogens with zero attached hydrogens (tertiary/aromatic N) is 1. The molecule has 2 aromatic rings. The fourth-order valence-electron chi connectivity index (χ4n) is 1.85. The van der Waals surface area contributed by atoms with E-state index in [1.807, 2.05) is 19.1 Å². The molecule has 1 aromatic heterocycles. The molecule has 0 saturated carbocycles. The van der Waals surface area contributed by atoms with Gasteiger partial charge in [0.25, 0.3) is 0 Å². The first-order chi connectivity index (χ1) is 9.69. The Labute approximate surface area is 132 Å². The summed E-state index contributed by atoms with van der Waals surface area (Å²) in [6.45, 7) is 6.44. The quantitative estimate of drug-likeness (QED) is 0.804. The number of rotatable bonds is 7. The highest BCUT2D eigenvalue weighted by atomic mass is 79.9. The van der Waals surface area contributed by atoms with Crippen LogP contribution in [0.2, 0.25) is 0 Å². The second kappa shape index (κ2) is 7.76. The number of aromatic nitrogens is 1. The lowest BCUT2D eigenvalue weighted by atomic mass is 10.2. The summed E-state index contributed by atoms with van der Waals surface area (Å²) in [5.41, 5.74) is 2.26. The molecule has 1 heterocycles. The minimum Gasteiger partial charge on any atom is -0.493 e. The van der Waals surface area contributed by atoms with E-state index in [0.29, 0.717) is 0 Å². The van der Waals surface area contributed by atoms with Gasteiger partial charge in [0, 0.05) is 28.5 Å². The second-order valence-electron chi connectivity index (χ2n) is 4.56. The van der Waals surface area contributed by atoms with Crippen molar-refractivity contribution in [3.63, 3.8) is 0 Å². The van der Waals surface area contributed by atoms with E-state index in [0.717, 1.165) is 47.0 Å². The highest BCUT2D eigenvalue weighted by Crippen LogP contribution is 2.23. The van der Waals surface area contributed by atoms with Crippen molar-refractivity contribution in [2.75, 3.05) is 6.61 Å². The van der Waals surface area contributed by atoms with Crippen LogP contribution in [0.4, 0.5) is 0 Å². The third-order valence-corrected chi connectivity index (χ3v) is 4.09. The second-order valence-corrected chi connectivity index (χ2v) is 6.54. The third kappa shape index (κ3) is 4.58. The Hall–Kier alpha value is -0.910. The normalized spacial score (nSPS) is 10.8. The molecule has 0 atom stereocenters. The molecule has 0 spiro atoms. The van der Waals surface area contributed by atoms with Crippen LogP contribution in [0.25, 0.3) is 0 Å². The molecule has 1 aromatic carbocycles. The number of nitrogens with one attached hydrogen (secondary N) is 1. The number of hydrogen-bond donors (Lipinski definition) is 1. The maximum absolute atomic E-state index is 5.77. The van der Waals surface area contributed by atoms with Gasteiger partial charge in [0.2, 0.25) is 0 Å². The zero-order valence-corrected chi connectivity index (χ0v) is 14.2. The highest BCUT2D eigenvalue weighted by Gasteiger charge is 2.05. The minimum absolute atomic E-state index is 0.750. The molecular weight excluding hydrogens is 336 g/mol. The van der Waals surface area contributed by atoms with Crippen LogP contribution in [0.1, 0.15) is 29.6 Å². The van der Waals surface area contributed by atoms with E-state index in [4.69, 9.17) is 4.74 Å². The molecule has 0 radical (unpaired) electrons. The number of halogens is 1. The Morgan fingerprint density at radius 3 is 2.90 bits per heavy atom. The largest absolute Gasteiger partial charge is 0.493 e. The van der Waals surface area contributed by atoms with Gasteiger partial charge in [-0.2, -0.15) is 0 Å². The Morgan fingerprint density at radius 1 is 1.35 bits per heavy atom. The molecule has 0 aliphatic heterocycles. The van der Waals surface area contributed by atoms with Gasteiger partial charge in [-0.05, 0) is 31.5 Å². The predicted molar refractivity (Wildman–Crippen MR) is 87.3 cm³/mol. The van der Waals surface area contributed by atoms with Crippen LogP contribution in [0.5, 0.6) is 5.75 Å². The average molecular weight is 355 g/mol. The van der Waals surface area contributed by atoms with Crippen LogP contribution in [0.3, 0.4) is 0 Å². The SMILES string of the molecule is CCCOc1ccc(Br)cc1CNCc1csc(C)n1. The molecule has 0 amide bonds. The van der Waals surface area contributed by atoms with E-state index in [9.17, 15) is 0 Å². The molecule has 0 saturated heterocycles. The van der Waals surface area contributed by atoms with Gasteiger partial charge in [-0.3, -0.25) is 0 Å². The van der Waals surface area contributed by atoms with Gasteiger partial charge < -0.3 is 10.1 Å². The van der Waals surface area contributed by atoms with Gasteiger partial charge in [0.05, 0.1) is 17.3 Å². The molecule has 1 N–H and O–H groups in total.